The van der Waals surface area contributed by atoms with Crippen LogP contribution in [-0.2, 0) is 6.42 Å². The van der Waals surface area contributed by atoms with E-state index in [0.29, 0.717) is 6.04 Å². The third kappa shape index (κ3) is 4.08. The molecule has 0 fully saturated rings. The molecule has 0 radical (unpaired) electrons. The Balaban J connectivity index is 1.96. The Labute approximate surface area is 124 Å². The van der Waals surface area contributed by atoms with Crippen molar-refractivity contribution >= 4 is 11.8 Å². The molecule has 0 saturated carbocycles. The number of nitrogens with one attached hydrogen (secondary N) is 2. The quantitative estimate of drug-likeness (QED) is 0.769. The molecule has 108 valence electrons. The van der Waals surface area contributed by atoms with E-state index in [1.807, 2.05) is 14.0 Å². The fourth-order valence-corrected chi connectivity index (χ4v) is 3.08. The summed E-state index contributed by atoms with van der Waals surface area (Å²) < 4.78 is 0. The molecule has 0 aliphatic heterocycles. The van der Waals surface area contributed by atoms with Gasteiger partial charge < -0.3 is 5.32 Å². The Morgan fingerprint density at radius 1 is 1.30 bits per heavy atom. The zero-order valence-corrected chi connectivity index (χ0v) is 13.1. The van der Waals surface area contributed by atoms with E-state index < -0.39 is 0 Å². The van der Waals surface area contributed by atoms with E-state index in [4.69, 9.17) is 0 Å². The van der Waals surface area contributed by atoms with E-state index in [1.54, 1.807) is 11.8 Å². The van der Waals surface area contributed by atoms with Crippen molar-refractivity contribution < 1.29 is 0 Å². The van der Waals surface area contributed by atoms with Crippen molar-refractivity contribution in [2.75, 3.05) is 12.8 Å². The van der Waals surface area contributed by atoms with Crippen LogP contribution >= 0.6 is 11.8 Å². The monoisotopic (exact) mass is 290 g/mol. The molecule has 1 atom stereocenters. The maximum Gasteiger partial charge on any atom is 0.208 e. The van der Waals surface area contributed by atoms with Gasteiger partial charge in [0.15, 0.2) is 0 Å². The smallest absolute Gasteiger partial charge is 0.208 e. The number of hydrogen-bond acceptors (Lipinski definition) is 4. The molecule has 0 saturated heterocycles. The highest BCUT2D eigenvalue weighted by atomic mass is 32.2. The van der Waals surface area contributed by atoms with Crippen LogP contribution in [0.3, 0.4) is 0 Å². The third-order valence-corrected chi connectivity index (χ3v) is 4.17. The molecule has 1 aromatic heterocycles. The van der Waals surface area contributed by atoms with Crippen LogP contribution in [0.1, 0.15) is 36.3 Å². The normalized spacial score (nSPS) is 12.6. The zero-order valence-electron chi connectivity index (χ0n) is 12.3. The molecule has 0 aliphatic carbocycles. The first kappa shape index (κ1) is 15.1. The molecule has 0 spiro atoms. The van der Waals surface area contributed by atoms with Crippen LogP contribution in [0.4, 0.5) is 0 Å². The fourth-order valence-electron chi connectivity index (χ4n) is 2.10. The van der Waals surface area contributed by atoms with Crippen molar-refractivity contribution in [3.05, 3.63) is 41.2 Å². The van der Waals surface area contributed by atoms with E-state index >= 15 is 0 Å². The second kappa shape index (κ2) is 7.45. The molecule has 4 nitrogen and oxygen atoms in total. The van der Waals surface area contributed by atoms with Gasteiger partial charge in [0.1, 0.15) is 5.82 Å². The number of H-pyrrole nitrogens is 1. The van der Waals surface area contributed by atoms with Crippen molar-refractivity contribution in [1.29, 1.82) is 0 Å². The molecular weight excluding hydrogens is 268 g/mol. The van der Waals surface area contributed by atoms with Gasteiger partial charge in [-0.05, 0) is 31.5 Å². The van der Waals surface area contributed by atoms with Gasteiger partial charge in [0.2, 0.25) is 5.16 Å². The second-order valence-corrected chi connectivity index (χ2v) is 5.83. The first-order valence-electron chi connectivity index (χ1n) is 7.00. The molecule has 5 heteroatoms. The first-order valence-corrected chi connectivity index (χ1v) is 7.99. The lowest BCUT2D eigenvalue weighted by atomic mass is 10.0. The van der Waals surface area contributed by atoms with Crippen LogP contribution in [-0.4, -0.2) is 28.0 Å². The van der Waals surface area contributed by atoms with Crippen molar-refractivity contribution in [3.63, 3.8) is 0 Å². The van der Waals surface area contributed by atoms with Gasteiger partial charge in [-0.2, -0.15) is 0 Å². The minimum Gasteiger partial charge on any atom is -0.312 e. The molecule has 0 aliphatic rings. The predicted molar refractivity (Wildman–Crippen MR) is 84.1 cm³/mol. The number of aromatic amines is 1. The number of aryl methyl sites for hydroxylation is 2. The molecule has 0 amide bonds. The van der Waals surface area contributed by atoms with Crippen molar-refractivity contribution in [2.45, 2.75) is 37.9 Å². The standard InChI is InChI=1S/C15H22N4S/c1-4-5-12-6-8-13(9-7-12)14(16-3)10-20-15-17-11(2)18-19-15/h6-9,14,16H,4-5,10H2,1-3H3,(H,17,18,19). The van der Waals surface area contributed by atoms with Crippen molar-refractivity contribution in [1.82, 2.24) is 20.5 Å². The summed E-state index contributed by atoms with van der Waals surface area (Å²) in [6, 6.07) is 9.20. The Kier molecular flexibility index (Phi) is 5.61. The summed E-state index contributed by atoms with van der Waals surface area (Å²) in [6.45, 7) is 4.12. The Hall–Kier alpha value is -1.33. The Bertz CT molecular complexity index is 521. The van der Waals surface area contributed by atoms with Crippen LogP contribution < -0.4 is 5.32 Å². The van der Waals surface area contributed by atoms with Gasteiger partial charge in [0.05, 0.1) is 0 Å². The zero-order chi connectivity index (χ0) is 14.4. The van der Waals surface area contributed by atoms with Crippen LogP contribution in [0.2, 0.25) is 0 Å². The van der Waals surface area contributed by atoms with Gasteiger partial charge in [-0.3, -0.25) is 5.10 Å². The minimum absolute atomic E-state index is 0.314. The summed E-state index contributed by atoms with van der Waals surface area (Å²) in [5, 5.41) is 11.2. The number of hydrogen-bond donors (Lipinski definition) is 2. The average molecular weight is 290 g/mol. The molecule has 2 aromatic rings. The highest BCUT2D eigenvalue weighted by Gasteiger charge is 2.11. The van der Waals surface area contributed by atoms with Crippen molar-refractivity contribution in [3.8, 4) is 0 Å². The number of aromatic nitrogens is 3. The lowest BCUT2D eigenvalue weighted by molar-refractivity contribution is 0.660. The molecule has 2 N–H and O–H groups in total. The Morgan fingerprint density at radius 2 is 2.05 bits per heavy atom. The van der Waals surface area contributed by atoms with Crippen molar-refractivity contribution in [2.24, 2.45) is 0 Å². The van der Waals surface area contributed by atoms with E-state index in [9.17, 15) is 0 Å². The SMILES string of the molecule is CCCc1ccc(C(CSc2n[nH]c(C)n2)NC)cc1. The highest BCUT2D eigenvalue weighted by molar-refractivity contribution is 7.99. The summed E-state index contributed by atoms with van der Waals surface area (Å²) >= 11 is 1.67. The van der Waals surface area contributed by atoms with E-state index in [0.717, 1.165) is 23.2 Å². The summed E-state index contributed by atoms with van der Waals surface area (Å²) in [7, 11) is 1.99. The maximum absolute atomic E-state index is 4.32. The molecule has 1 aromatic carbocycles. The number of benzene rings is 1. The summed E-state index contributed by atoms with van der Waals surface area (Å²) in [5.41, 5.74) is 2.72. The van der Waals surface area contributed by atoms with E-state index in [2.05, 4.69) is 51.7 Å². The molecule has 2 rings (SSSR count). The van der Waals surface area contributed by atoms with Gasteiger partial charge in [0.25, 0.3) is 0 Å². The number of thioether (sulfide) groups is 1. The molecule has 20 heavy (non-hydrogen) atoms. The van der Waals surface area contributed by atoms with Gasteiger partial charge in [-0.15, -0.1) is 5.10 Å². The van der Waals surface area contributed by atoms with Crippen LogP contribution in [0.15, 0.2) is 29.4 Å². The van der Waals surface area contributed by atoms with Gasteiger partial charge in [-0.25, -0.2) is 4.98 Å². The summed E-state index contributed by atoms with van der Waals surface area (Å²) in [4.78, 5) is 4.32. The lowest BCUT2D eigenvalue weighted by Crippen LogP contribution is -2.18. The number of nitrogens with zero attached hydrogens (tertiary/aromatic N) is 2. The Morgan fingerprint density at radius 3 is 2.60 bits per heavy atom. The fraction of sp³-hybridized carbons (Fsp3) is 0.467. The van der Waals surface area contributed by atoms with Crippen LogP contribution in [0.5, 0.6) is 0 Å². The predicted octanol–water partition coefficient (Wildman–Crippen LogP) is 3.12. The third-order valence-electron chi connectivity index (χ3n) is 3.23. The molecular formula is C15H22N4S. The van der Waals surface area contributed by atoms with Gasteiger partial charge in [0, 0.05) is 11.8 Å². The van der Waals surface area contributed by atoms with Crippen LogP contribution in [0.25, 0.3) is 0 Å². The largest absolute Gasteiger partial charge is 0.312 e. The average Bonchev–Trinajstić information content (AvgIpc) is 2.87. The van der Waals surface area contributed by atoms with Gasteiger partial charge >= 0.3 is 0 Å². The van der Waals surface area contributed by atoms with E-state index in [-0.39, 0.29) is 0 Å². The second-order valence-electron chi connectivity index (χ2n) is 4.85. The molecule has 0 bridgehead atoms. The first-order chi connectivity index (χ1) is 9.72. The van der Waals surface area contributed by atoms with Gasteiger partial charge in [-0.1, -0.05) is 49.4 Å². The topological polar surface area (TPSA) is 53.6 Å². The summed E-state index contributed by atoms with van der Waals surface area (Å²) in [5.74, 6) is 1.78. The highest BCUT2D eigenvalue weighted by Crippen LogP contribution is 2.22. The molecule has 1 unspecified atom stereocenters. The maximum atomic E-state index is 4.32. The summed E-state index contributed by atoms with van der Waals surface area (Å²) in [6.07, 6.45) is 2.34. The van der Waals surface area contributed by atoms with E-state index in [1.165, 1.54) is 17.5 Å². The molecule has 1 heterocycles. The van der Waals surface area contributed by atoms with Crippen LogP contribution in [0, 0.1) is 6.92 Å². The number of rotatable bonds is 7. The lowest BCUT2D eigenvalue weighted by Gasteiger charge is -2.15. The minimum atomic E-state index is 0.314.